The lowest BCUT2D eigenvalue weighted by molar-refractivity contribution is -0.384. The third-order valence-electron chi connectivity index (χ3n) is 4.69. The number of methoxy groups -OCH3 is 1. The number of nitro groups is 1. The molecule has 1 fully saturated rings. The fourth-order valence-corrected chi connectivity index (χ4v) is 3.21. The number of carbonyl (C=O) groups is 2. The number of nitrogens with zero attached hydrogens (tertiary/aromatic N) is 1. The first-order valence-electron chi connectivity index (χ1n) is 9.16. The van der Waals surface area contributed by atoms with Crippen LogP contribution in [0.4, 0.5) is 5.69 Å². The van der Waals surface area contributed by atoms with E-state index in [0.717, 1.165) is 26.2 Å². The minimum atomic E-state index is -2.33. The Bertz CT molecular complexity index is 802. The van der Waals surface area contributed by atoms with Crippen LogP contribution in [-0.2, 0) is 19.1 Å². The van der Waals surface area contributed by atoms with Crippen LogP contribution in [0, 0.1) is 10.1 Å². The minimum absolute atomic E-state index is 0.0582. The summed E-state index contributed by atoms with van der Waals surface area (Å²) in [6.45, 7) is 0.270. The van der Waals surface area contributed by atoms with Crippen LogP contribution >= 0.6 is 0 Å². The van der Waals surface area contributed by atoms with Crippen LogP contribution < -0.4 is 10.1 Å². The molecule has 0 aromatic heterocycles. The molecule has 1 aromatic rings. The number of hydrogen-bond donors (Lipinski definition) is 5. The van der Waals surface area contributed by atoms with Crippen LogP contribution in [-0.4, -0.2) is 87.2 Å². The van der Waals surface area contributed by atoms with Gasteiger partial charge in [0.25, 0.3) is 5.69 Å². The van der Waals surface area contributed by atoms with Crippen molar-refractivity contribution in [1.82, 2.24) is 5.32 Å². The molecule has 31 heavy (non-hydrogen) atoms. The zero-order chi connectivity index (χ0) is 23.3. The summed E-state index contributed by atoms with van der Waals surface area (Å²) in [4.78, 5) is 34.3. The van der Waals surface area contributed by atoms with Gasteiger partial charge in [-0.15, -0.1) is 0 Å². The van der Waals surface area contributed by atoms with Crippen molar-refractivity contribution in [2.45, 2.75) is 49.6 Å². The van der Waals surface area contributed by atoms with Gasteiger partial charge < -0.3 is 40.0 Å². The Morgan fingerprint density at radius 2 is 1.97 bits per heavy atom. The van der Waals surface area contributed by atoms with Gasteiger partial charge in [0.15, 0.2) is 0 Å². The molecule has 0 unspecified atom stereocenters. The van der Waals surface area contributed by atoms with Crippen LogP contribution in [0.3, 0.4) is 0 Å². The van der Waals surface area contributed by atoms with Crippen molar-refractivity contribution in [2.24, 2.45) is 0 Å². The van der Waals surface area contributed by atoms with Gasteiger partial charge in [-0.1, -0.05) is 0 Å². The smallest absolute Gasteiger partial charge is 0.379 e. The second-order valence-electron chi connectivity index (χ2n) is 6.92. The first-order valence-corrected chi connectivity index (χ1v) is 9.16. The predicted octanol–water partition coefficient (Wildman–Crippen LogP) is -1.79. The number of hydrogen-bond acceptors (Lipinski definition) is 11. The van der Waals surface area contributed by atoms with Crippen molar-refractivity contribution < 1.29 is 49.1 Å². The number of non-ortho nitro benzene ring substituents is 1. The van der Waals surface area contributed by atoms with Gasteiger partial charge in [-0.05, 0) is 12.1 Å². The van der Waals surface area contributed by atoms with Crippen molar-refractivity contribution in [3.63, 3.8) is 0 Å². The fourth-order valence-electron chi connectivity index (χ4n) is 3.21. The molecule has 1 aliphatic heterocycles. The van der Waals surface area contributed by atoms with E-state index >= 15 is 0 Å². The average Bonchev–Trinajstić information content (AvgIpc) is 2.73. The maximum Gasteiger partial charge on any atom is 0.379 e. The van der Waals surface area contributed by atoms with Crippen molar-refractivity contribution in [1.29, 1.82) is 0 Å². The molecule has 172 valence electrons. The first-order chi connectivity index (χ1) is 14.5. The van der Waals surface area contributed by atoms with E-state index in [1.807, 2.05) is 0 Å². The molecule has 1 saturated heterocycles. The number of nitrogens with one attached hydrogen (secondary N) is 1. The van der Waals surface area contributed by atoms with Gasteiger partial charge in [-0.25, -0.2) is 4.79 Å². The highest BCUT2D eigenvalue weighted by Gasteiger charge is 2.57. The van der Waals surface area contributed by atoms with Crippen LogP contribution in [0.1, 0.15) is 13.3 Å². The van der Waals surface area contributed by atoms with Crippen molar-refractivity contribution in [2.75, 3.05) is 13.7 Å². The summed E-state index contributed by atoms with van der Waals surface area (Å²) in [6, 6.07) is 3.33. The zero-order valence-corrected chi connectivity index (χ0v) is 16.7. The van der Waals surface area contributed by atoms with Gasteiger partial charge in [-0.2, -0.15) is 0 Å². The summed E-state index contributed by atoms with van der Waals surface area (Å²) in [5, 5.41) is 53.3. The van der Waals surface area contributed by atoms with Crippen LogP contribution in [0.2, 0.25) is 0 Å². The van der Waals surface area contributed by atoms with E-state index in [1.165, 1.54) is 12.1 Å². The first kappa shape index (κ1) is 24.4. The van der Waals surface area contributed by atoms with E-state index in [1.54, 1.807) is 0 Å². The van der Waals surface area contributed by atoms with Crippen molar-refractivity contribution in [3.8, 4) is 5.75 Å². The number of esters is 1. The predicted molar refractivity (Wildman–Crippen MR) is 101 cm³/mol. The normalized spacial score (nSPS) is 27.6. The number of rotatable bonds is 8. The highest BCUT2D eigenvalue weighted by atomic mass is 16.7. The number of aliphatic hydroxyl groups excluding tert-OH is 4. The Morgan fingerprint density at radius 3 is 2.45 bits per heavy atom. The third kappa shape index (κ3) is 5.45. The Morgan fingerprint density at radius 1 is 1.35 bits per heavy atom. The Kier molecular flexibility index (Phi) is 7.86. The molecule has 0 saturated carbocycles. The third-order valence-corrected chi connectivity index (χ3v) is 4.69. The van der Waals surface area contributed by atoms with Crippen LogP contribution in [0.15, 0.2) is 24.3 Å². The average molecular weight is 444 g/mol. The topological polar surface area (TPSA) is 198 Å². The van der Waals surface area contributed by atoms with Gasteiger partial charge in [0, 0.05) is 19.1 Å². The molecule has 0 spiro atoms. The summed E-state index contributed by atoms with van der Waals surface area (Å²) in [7, 11) is 1.02. The van der Waals surface area contributed by atoms with Gasteiger partial charge in [0.1, 0.15) is 24.1 Å². The molecule has 5 N–H and O–H groups in total. The number of nitro benzene ring substituents is 1. The zero-order valence-electron chi connectivity index (χ0n) is 16.7. The van der Waals surface area contributed by atoms with Gasteiger partial charge in [0.2, 0.25) is 5.91 Å². The van der Waals surface area contributed by atoms with E-state index in [-0.39, 0.29) is 11.4 Å². The largest absolute Gasteiger partial charge is 0.464 e. The minimum Gasteiger partial charge on any atom is -0.464 e. The van der Waals surface area contributed by atoms with Gasteiger partial charge >= 0.3 is 11.8 Å². The number of benzene rings is 1. The molecule has 13 nitrogen and oxygen atoms in total. The summed E-state index contributed by atoms with van der Waals surface area (Å²) < 4.78 is 16.0. The molecule has 1 aromatic carbocycles. The molecule has 2 rings (SSSR count). The van der Waals surface area contributed by atoms with Crippen molar-refractivity contribution in [3.05, 3.63) is 34.4 Å². The number of amides is 1. The highest BCUT2D eigenvalue weighted by molar-refractivity contribution is 5.79. The summed E-state index contributed by atoms with van der Waals surface area (Å²) >= 11 is 0. The van der Waals surface area contributed by atoms with E-state index in [0.29, 0.717) is 0 Å². The van der Waals surface area contributed by atoms with Crippen LogP contribution in [0.25, 0.3) is 0 Å². The molecule has 1 amide bonds. The standard InChI is InChI=1S/C18H24N2O11/c1-9(22)19-14-12(23)7-18(17(26)29-2,31-16(14)15(25)13(24)8-21)30-11-5-3-10(4-6-11)20(27)28/h3-6,12-16,21,23-25H,7-8H2,1-2H3,(H,19,22)/t12-,13-,14-,15-,16+,18-/m0/s1. The quantitative estimate of drug-likeness (QED) is 0.172. The highest BCUT2D eigenvalue weighted by Crippen LogP contribution is 2.35. The number of ether oxygens (including phenoxy) is 3. The second kappa shape index (κ2) is 9.98. The molecule has 0 aliphatic carbocycles. The summed E-state index contributed by atoms with van der Waals surface area (Å²) in [5.74, 6) is -4.09. The van der Waals surface area contributed by atoms with Crippen LogP contribution in [0.5, 0.6) is 5.75 Å². The molecular weight excluding hydrogens is 420 g/mol. The Hall–Kier alpha value is -2.84. The molecule has 13 heteroatoms. The molecule has 1 aliphatic rings. The number of aliphatic hydroxyl groups is 4. The lowest BCUT2D eigenvalue weighted by Gasteiger charge is -2.46. The molecule has 0 bridgehead atoms. The van der Waals surface area contributed by atoms with Gasteiger partial charge in [0.05, 0.1) is 37.2 Å². The maximum absolute atomic E-state index is 12.6. The molecule has 6 atom stereocenters. The monoisotopic (exact) mass is 444 g/mol. The SMILES string of the molecule is COC(=O)[C@]1(Oc2ccc([N+](=O)[O-])cc2)C[C@H](O)[C@H](NC(C)=O)[C@H]([C@@H](O)[C@@H](O)CO)O1. The lowest BCUT2D eigenvalue weighted by atomic mass is 9.88. The Labute approximate surface area is 176 Å². The van der Waals surface area contributed by atoms with E-state index in [2.05, 4.69) is 5.32 Å². The number of carbonyl (C=O) groups excluding carboxylic acids is 2. The fraction of sp³-hybridized carbons (Fsp3) is 0.556. The maximum atomic E-state index is 12.6. The van der Waals surface area contributed by atoms with E-state index < -0.39 is 66.1 Å². The summed E-state index contributed by atoms with van der Waals surface area (Å²) in [6.07, 6.45) is -7.25. The summed E-state index contributed by atoms with van der Waals surface area (Å²) in [5.41, 5.74) is -0.242. The van der Waals surface area contributed by atoms with E-state index in [9.17, 15) is 35.0 Å². The Balaban J connectivity index is 2.44. The lowest BCUT2D eigenvalue weighted by Crippen LogP contribution is -2.68. The van der Waals surface area contributed by atoms with E-state index in [4.69, 9.17) is 19.3 Å². The van der Waals surface area contributed by atoms with Crippen molar-refractivity contribution >= 4 is 17.6 Å². The van der Waals surface area contributed by atoms with Gasteiger partial charge in [-0.3, -0.25) is 14.9 Å². The molecule has 0 radical (unpaired) electrons. The molecular formula is C18H24N2O11. The second-order valence-corrected chi connectivity index (χ2v) is 6.92. The molecule has 1 heterocycles.